The average Bonchev–Trinajstić information content (AvgIpc) is 2.66. The normalized spacial score (nSPS) is 9.92. The molecule has 26 heavy (non-hydrogen) atoms. The Morgan fingerprint density at radius 2 is 1.77 bits per heavy atom. The number of benzene rings is 2. The van der Waals surface area contributed by atoms with Gasteiger partial charge < -0.3 is 14.8 Å². The van der Waals surface area contributed by atoms with Crippen molar-refractivity contribution in [3.05, 3.63) is 59.7 Å². The number of carbonyl (C=O) groups excluding carboxylic acids is 2. The van der Waals surface area contributed by atoms with Gasteiger partial charge in [0.05, 0.1) is 24.8 Å². The van der Waals surface area contributed by atoms with Gasteiger partial charge in [-0.3, -0.25) is 10.1 Å². The summed E-state index contributed by atoms with van der Waals surface area (Å²) in [4.78, 5) is 24.1. The quantitative estimate of drug-likeness (QED) is 0.598. The van der Waals surface area contributed by atoms with Crippen molar-refractivity contribution in [3.8, 4) is 5.75 Å². The first-order valence-corrected chi connectivity index (χ1v) is 8.48. The summed E-state index contributed by atoms with van der Waals surface area (Å²) in [6.07, 6.45) is 0.769. The maximum Gasteiger partial charge on any atom is 0.338 e. The van der Waals surface area contributed by atoms with E-state index >= 15 is 0 Å². The molecule has 0 saturated carbocycles. The summed E-state index contributed by atoms with van der Waals surface area (Å²) in [5.41, 5.74) is 1.48. The molecule has 0 radical (unpaired) electrons. The second-order valence-corrected chi connectivity index (χ2v) is 5.73. The lowest BCUT2D eigenvalue weighted by molar-refractivity contribution is 0.0505. The van der Waals surface area contributed by atoms with Gasteiger partial charge in [0, 0.05) is 5.69 Å². The molecule has 0 heterocycles. The Morgan fingerprint density at radius 3 is 2.42 bits per heavy atom. The minimum absolute atomic E-state index is 0.141. The van der Waals surface area contributed by atoms with E-state index in [9.17, 15) is 9.59 Å². The number of amides is 1. The van der Waals surface area contributed by atoms with Gasteiger partial charge in [0.25, 0.3) is 5.91 Å². The van der Waals surface area contributed by atoms with Gasteiger partial charge in [-0.05, 0) is 55.0 Å². The van der Waals surface area contributed by atoms with Crippen molar-refractivity contribution in [1.29, 1.82) is 0 Å². The smallest absolute Gasteiger partial charge is 0.338 e. The largest absolute Gasteiger partial charge is 0.496 e. The third kappa shape index (κ3) is 5.29. The number of thiocarbonyl (C=S) groups is 1. The van der Waals surface area contributed by atoms with E-state index < -0.39 is 0 Å². The molecule has 6 nitrogen and oxygen atoms in total. The molecule has 0 bridgehead atoms. The molecule has 0 spiro atoms. The average molecular weight is 372 g/mol. The maximum atomic E-state index is 12.3. The molecule has 0 aliphatic heterocycles. The van der Waals surface area contributed by atoms with Crippen LogP contribution in [0.5, 0.6) is 5.75 Å². The number of methoxy groups -OCH3 is 1. The number of para-hydroxylation sites is 1. The van der Waals surface area contributed by atoms with Crippen LogP contribution in [0.25, 0.3) is 0 Å². The summed E-state index contributed by atoms with van der Waals surface area (Å²) < 4.78 is 10.2. The Balaban J connectivity index is 1.95. The second-order valence-electron chi connectivity index (χ2n) is 5.32. The fraction of sp³-hybridized carbons (Fsp3) is 0.211. The molecule has 2 aromatic carbocycles. The molecule has 0 aliphatic carbocycles. The first-order valence-electron chi connectivity index (χ1n) is 8.07. The van der Waals surface area contributed by atoms with E-state index in [0.717, 1.165) is 6.42 Å². The highest BCUT2D eigenvalue weighted by atomic mass is 32.1. The highest BCUT2D eigenvalue weighted by Crippen LogP contribution is 2.17. The van der Waals surface area contributed by atoms with Crippen LogP contribution in [0.2, 0.25) is 0 Å². The molecule has 0 aliphatic rings. The van der Waals surface area contributed by atoms with E-state index in [1.54, 1.807) is 48.5 Å². The van der Waals surface area contributed by atoms with Gasteiger partial charge >= 0.3 is 5.97 Å². The van der Waals surface area contributed by atoms with Crippen LogP contribution in [0.3, 0.4) is 0 Å². The lowest BCUT2D eigenvalue weighted by atomic mass is 10.2. The zero-order chi connectivity index (χ0) is 18.9. The summed E-state index contributed by atoms with van der Waals surface area (Å²) in [6.45, 7) is 2.32. The molecule has 1 amide bonds. The van der Waals surface area contributed by atoms with Gasteiger partial charge in [-0.25, -0.2) is 4.79 Å². The SMILES string of the molecule is CCCOC(=O)c1ccc(NC(=S)NC(=O)c2ccccc2OC)cc1. The number of nitrogens with one attached hydrogen (secondary N) is 2. The predicted molar refractivity (Wildman–Crippen MR) is 104 cm³/mol. The zero-order valence-corrected chi connectivity index (χ0v) is 15.4. The fourth-order valence-electron chi connectivity index (χ4n) is 2.13. The molecule has 0 aromatic heterocycles. The lowest BCUT2D eigenvalue weighted by Gasteiger charge is -2.12. The second kappa shape index (κ2) is 9.53. The van der Waals surface area contributed by atoms with Crippen molar-refractivity contribution in [3.63, 3.8) is 0 Å². The van der Waals surface area contributed by atoms with E-state index in [4.69, 9.17) is 21.7 Å². The van der Waals surface area contributed by atoms with Gasteiger partial charge in [-0.1, -0.05) is 19.1 Å². The van der Waals surface area contributed by atoms with Crippen molar-refractivity contribution in [1.82, 2.24) is 5.32 Å². The molecule has 2 N–H and O–H groups in total. The van der Waals surface area contributed by atoms with Crippen molar-refractivity contribution in [2.24, 2.45) is 0 Å². The van der Waals surface area contributed by atoms with E-state index in [2.05, 4.69) is 10.6 Å². The third-order valence-corrected chi connectivity index (χ3v) is 3.60. The summed E-state index contributed by atoms with van der Waals surface area (Å²) in [5, 5.41) is 5.63. The molecule has 2 rings (SSSR count). The van der Waals surface area contributed by atoms with E-state index in [-0.39, 0.29) is 17.0 Å². The predicted octanol–water partition coefficient (Wildman–Crippen LogP) is 3.39. The van der Waals surface area contributed by atoms with Crippen molar-refractivity contribution >= 4 is 34.9 Å². The van der Waals surface area contributed by atoms with E-state index in [1.165, 1.54) is 7.11 Å². The number of ether oxygens (including phenoxy) is 2. The summed E-state index contributed by atoms with van der Waals surface area (Å²) in [5.74, 6) is -0.284. The number of hydrogen-bond donors (Lipinski definition) is 2. The molecule has 0 fully saturated rings. The molecule has 0 saturated heterocycles. The van der Waals surface area contributed by atoms with Crippen molar-refractivity contribution in [2.45, 2.75) is 13.3 Å². The Kier molecular flexibility index (Phi) is 7.11. The van der Waals surface area contributed by atoms with Crippen LogP contribution < -0.4 is 15.4 Å². The fourth-order valence-corrected chi connectivity index (χ4v) is 2.34. The molecule has 0 unspecified atom stereocenters. The lowest BCUT2D eigenvalue weighted by Crippen LogP contribution is -2.34. The summed E-state index contributed by atoms with van der Waals surface area (Å²) in [6, 6.07) is 13.5. The van der Waals surface area contributed by atoms with Crippen LogP contribution in [0, 0.1) is 0 Å². The topological polar surface area (TPSA) is 76.7 Å². The van der Waals surface area contributed by atoms with E-state index in [0.29, 0.717) is 29.2 Å². The molecule has 136 valence electrons. The van der Waals surface area contributed by atoms with Crippen LogP contribution in [0.1, 0.15) is 34.1 Å². The monoisotopic (exact) mass is 372 g/mol. The highest BCUT2D eigenvalue weighted by Gasteiger charge is 2.13. The Bertz CT molecular complexity index is 790. The van der Waals surface area contributed by atoms with Gasteiger partial charge in [0.1, 0.15) is 5.75 Å². The molecule has 7 heteroatoms. The van der Waals surface area contributed by atoms with Gasteiger partial charge in [0.15, 0.2) is 5.11 Å². The van der Waals surface area contributed by atoms with Crippen LogP contribution in [0.15, 0.2) is 48.5 Å². The van der Waals surface area contributed by atoms with Crippen LogP contribution in [0.4, 0.5) is 5.69 Å². The number of esters is 1. The van der Waals surface area contributed by atoms with Crippen molar-refractivity contribution < 1.29 is 19.1 Å². The Labute approximate surface area is 157 Å². The van der Waals surface area contributed by atoms with Crippen LogP contribution in [-0.2, 0) is 4.74 Å². The number of rotatable bonds is 6. The number of hydrogen-bond acceptors (Lipinski definition) is 5. The van der Waals surface area contributed by atoms with Gasteiger partial charge in [0.2, 0.25) is 0 Å². The van der Waals surface area contributed by atoms with E-state index in [1.807, 2.05) is 6.92 Å². The van der Waals surface area contributed by atoms with Gasteiger partial charge in [-0.15, -0.1) is 0 Å². The Hall–Kier alpha value is -2.93. The highest BCUT2D eigenvalue weighted by molar-refractivity contribution is 7.80. The maximum absolute atomic E-state index is 12.3. The standard InChI is InChI=1S/C19H20N2O4S/c1-3-12-25-18(23)13-8-10-14(11-9-13)20-19(26)21-17(22)15-6-4-5-7-16(15)24-2/h4-11H,3,12H2,1-2H3,(H2,20,21,22,26). The van der Waals surface area contributed by atoms with Crippen LogP contribution in [-0.4, -0.2) is 30.7 Å². The number of carbonyl (C=O) groups is 2. The molecule has 2 aromatic rings. The summed E-state index contributed by atoms with van der Waals surface area (Å²) in [7, 11) is 1.50. The first-order chi connectivity index (χ1) is 12.5. The van der Waals surface area contributed by atoms with Crippen LogP contribution >= 0.6 is 12.2 Å². The molecule has 0 atom stereocenters. The van der Waals surface area contributed by atoms with Gasteiger partial charge in [-0.2, -0.15) is 0 Å². The molecular formula is C19H20N2O4S. The van der Waals surface area contributed by atoms with Crippen molar-refractivity contribution in [2.75, 3.05) is 19.0 Å². The first kappa shape index (κ1) is 19.4. The zero-order valence-electron chi connectivity index (χ0n) is 14.6. The number of anilines is 1. The minimum atomic E-state index is -0.375. The minimum Gasteiger partial charge on any atom is -0.496 e. The molecular weight excluding hydrogens is 352 g/mol. The Morgan fingerprint density at radius 1 is 1.08 bits per heavy atom. The summed E-state index contributed by atoms with van der Waals surface area (Å²) >= 11 is 5.16. The third-order valence-electron chi connectivity index (χ3n) is 3.39.